The number of nitrogens with one attached hydrogen (secondary N) is 1. The Morgan fingerprint density at radius 1 is 0.931 bits per heavy atom. The van der Waals surface area contributed by atoms with Gasteiger partial charge in [-0.1, -0.05) is 55.7 Å². The van der Waals surface area contributed by atoms with E-state index in [4.69, 9.17) is 0 Å². The largest absolute Gasteiger partial charge is 0.325 e. The van der Waals surface area contributed by atoms with Crippen molar-refractivity contribution in [3.63, 3.8) is 0 Å². The highest BCUT2D eigenvalue weighted by atomic mass is 32.1. The number of rotatable bonds is 6. The van der Waals surface area contributed by atoms with E-state index < -0.39 is 0 Å². The molecule has 4 rings (SSSR count). The van der Waals surface area contributed by atoms with E-state index >= 15 is 0 Å². The maximum absolute atomic E-state index is 13.0. The van der Waals surface area contributed by atoms with Crippen molar-refractivity contribution in [2.75, 3.05) is 5.32 Å². The third-order valence-corrected chi connectivity index (χ3v) is 6.48. The molecule has 1 N–H and O–H groups in total. The predicted octanol–water partition coefficient (Wildman–Crippen LogP) is 6.36. The molecule has 1 aromatic heterocycles. The van der Waals surface area contributed by atoms with Crippen molar-refractivity contribution in [2.45, 2.75) is 38.5 Å². The number of thiophene rings is 1. The lowest BCUT2D eigenvalue weighted by Crippen LogP contribution is -2.25. The molecule has 0 radical (unpaired) electrons. The fourth-order valence-electron chi connectivity index (χ4n) is 3.99. The van der Waals surface area contributed by atoms with Crippen LogP contribution in [0.2, 0.25) is 0 Å². The highest BCUT2D eigenvalue weighted by molar-refractivity contribution is 7.13. The maximum atomic E-state index is 13.0. The molecule has 1 fully saturated rings. The Kier molecular flexibility index (Phi) is 6.20. The number of para-hydroxylation sites is 1. The van der Waals surface area contributed by atoms with E-state index in [0.717, 1.165) is 36.8 Å². The van der Waals surface area contributed by atoms with E-state index in [1.807, 2.05) is 42.5 Å². The van der Waals surface area contributed by atoms with Gasteiger partial charge in [0.1, 0.15) is 0 Å². The van der Waals surface area contributed by atoms with E-state index in [1.54, 1.807) is 11.3 Å². The van der Waals surface area contributed by atoms with E-state index in [9.17, 15) is 9.59 Å². The predicted molar refractivity (Wildman–Crippen MR) is 119 cm³/mol. The summed E-state index contributed by atoms with van der Waals surface area (Å²) in [5.41, 5.74) is 3.32. The summed E-state index contributed by atoms with van der Waals surface area (Å²) >= 11 is 1.69. The van der Waals surface area contributed by atoms with Crippen molar-refractivity contribution in [2.24, 2.45) is 5.92 Å². The Hall–Kier alpha value is -2.72. The highest BCUT2D eigenvalue weighted by Gasteiger charge is 2.22. The average molecular weight is 404 g/mol. The summed E-state index contributed by atoms with van der Waals surface area (Å²) in [6, 6.07) is 19.6. The lowest BCUT2D eigenvalue weighted by Gasteiger charge is -2.21. The molecule has 1 amide bonds. The molecule has 3 aromatic rings. The lowest BCUT2D eigenvalue weighted by molar-refractivity contribution is -0.120. The third kappa shape index (κ3) is 4.83. The molecule has 1 aliphatic rings. The average Bonchev–Trinajstić information content (AvgIpc) is 3.30. The van der Waals surface area contributed by atoms with Gasteiger partial charge in [-0.25, -0.2) is 0 Å². The molecule has 2 aromatic carbocycles. The Bertz CT molecular complexity index is 988. The van der Waals surface area contributed by atoms with Crippen LogP contribution in [-0.2, 0) is 11.2 Å². The normalized spacial score (nSPS) is 14.5. The molecule has 1 aliphatic carbocycles. The summed E-state index contributed by atoms with van der Waals surface area (Å²) in [4.78, 5) is 26.9. The zero-order valence-corrected chi connectivity index (χ0v) is 17.2. The molecule has 0 aliphatic heterocycles. The first-order valence-electron chi connectivity index (χ1n) is 10.3. The number of carbonyl (C=O) groups is 2. The minimum Gasteiger partial charge on any atom is -0.325 e. The minimum absolute atomic E-state index is 0.0212. The second kappa shape index (κ2) is 9.19. The van der Waals surface area contributed by atoms with Gasteiger partial charge >= 0.3 is 0 Å². The van der Waals surface area contributed by atoms with Crippen LogP contribution < -0.4 is 5.32 Å². The molecule has 4 heteroatoms. The van der Waals surface area contributed by atoms with Crippen molar-refractivity contribution >= 4 is 28.7 Å². The second-order valence-corrected chi connectivity index (χ2v) is 8.60. The van der Waals surface area contributed by atoms with Gasteiger partial charge in [0.05, 0.1) is 5.69 Å². The van der Waals surface area contributed by atoms with Gasteiger partial charge in [-0.2, -0.15) is 0 Å². The minimum atomic E-state index is 0.0212. The van der Waals surface area contributed by atoms with Crippen molar-refractivity contribution in [3.8, 4) is 10.4 Å². The lowest BCUT2D eigenvalue weighted by atomic mass is 9.88. The molecular weight excluding hydrogens is 378 g/mol. The van der Waals surface area contributed by atoms with E-state index in [-0.39, 0.29) is 17.6 Å². The highest BCUT2D eigenvalue weighted by Crippen LogP contribution is 2.28. The molecule has 0 spiro atoms. The summed E-state index contributed by atoms with van der Waals surface area (Å²) in [5.74, 6) is 0.131. The SMILES string of the molecule is O=C(Cc1cccc(-c2cccs2)c1)c1ccccc1NC(=O)C1CCCCC1. The Morgan fingerprint density at radius 3 is 2.55 bits per heavy atom. The summed E-state index contributed by atoms with van der Waals surface area (Å²) < 4.78 is 0. The van der Waals surface area contributed by atoms with Gasteiger partial charge in [0.25, 0.3) is 0 Å². The summed E-state index contributed by atoms with van der Waals surface area (Å²) in [5, 5.41) is 5.08. The first-order valence-corrected chi connectivity index (χ1v) is 11.1. The molecule has 1 saturated carbocycles. The standard InChI is InChI=1S/C25H25NO2S/c27-23(17-18-8-6-11-20(16-18)24-14-7-15-29-24)21-12-4-5-13-22(21)26-25(28)19-9-2-1-3-10-19/h4-8,11-16,19H,1-3,9-10,17H2,(H,26,28). The molecule has 3 nitrogen and oxygen atoms in total. The van der Waals surface area contributed by atoms with Crippen LogP contribution in [0.1, 0.15) is 48.0 Å². The van der Waals surface area contributed by atoms with Crippen molar-refractivity contribution in [1.29, 1.82) is 0 Å². The van der Waals surface area contributed by atoms with E-state index in [1.165, 1.54) is 11.3 Å². The van der Waals surface area contributed by atoms with Crippen LogP contribution in [0.4, 0.5) is 5.69 Å². The van der Waals surface area contributed by atoms with Crippen molar-refractivity contribution in [1.82, 2.24) is 0 Å². The molecule has 0 unspecified atom stereocenters. The maximum Gasteiger partial charge on any atom is 0.227 e. The smallest absolute Gasteiger partial charge is 0.227 e. The van der Waals surface area contributed by atoms with Crippen LogP contribution >= 0.6 is 11.3 Å². The van der Waals surface area contributed by atoms with Crippen LogP contribution in [0.15, 0.2) is 66.0 Å². The number of anilines is 1. The molecule has 1 heterocycles. The summed E-state index contributed by atoms with van der Waals surface area (Å²) in [6.45, 7) is 0. The Balaban J connectivity index is 1.49. The molecule has 0 bridgehead atoms. The number of hydrogen-bond donors (Lipinski definition) is 1. The summed E-state index contributed by atoms with van der Waals surface area (Å²) in [7, 11) is 0. The van der Waals surface area contributed by atoms with Gasteiger partial charge in [0.2, 0.25) is 5.91 Å². The fraction of sp³-hybridized carbons (Fsp3) is 0.280. The number of Topliss-reactive ketones (excluding diaryl/α,β-unsaturated/α-hetero) is 1. The van der Waals surface area contributed by atoms with Gasteiger partial charge < -0.3 is 5.32 Å². The monoisotopic (exact) mass is 403 g/mol. The van der Waals surface area contributed by atoms with E-state index in [2.05, 4.69) is 28.9 Å². The quantitative estimate of drug-likeness (QED) is 0.487. The number of hydrogen-bond acceptors (Lipinski definition) is 3. The van der Waals surface area contributed by atoms with Gasteiger partial charge in [-0.05, 0) is 53.6 Å². The second-order valence-electron chi connectivity index (χ2n) is 7.65. The zero-order valence-electron chi connectivity index (χ0n) is 16.4. The molecular formula is C25H25NO2S. The van der Waals surface area contributed by atoms with Crippen LogP contribution in [0.5, 0.6) is 0 Å². The van der Waals surface area contributed by atoms with Crippen LogP contribution in [0.3, 0.4) is 0 Å². The van der Waals surface area contributed by atoms with Gasteiger partial charge in [-0.15, -0.1) is 11.3 Å². The van der Waals surface area contributed by atoms with Gasteiger partial charge in [-0.3, -0.25) is 9.59 Å². The zero-order chi connectivity index (χ0) is 20.1. The van der Waals surface area contributed by atoms with Crippen LogP contribution in [0, 0.1) is 5.92 Å². The fourth-order valence-corrected chi connectivity index (χ4v) is 4.72. The van der Waals surface area contributed by atoms with Crippen molar-refractivity contribution < 1.29 is 9.59 Å². The van der Waals surface area contributed by atoms with E-state index in [0.29, 0.717) is 17.7 Å². The summed E-state index contributed by atoms with van der Waals surface area (Å²) in [6.07, 6.45) is 5.63. The van der Waals surface area contributed by atoms with Crippen LogP contribution in [0.25, 0.3) is 10.4 Å². The number of benzene rings is 2. The first kappa shape index (κ1) is 19.6. The first-order chi connectivity index (χ1) is 14.2. The topological polar surface area (TPSA) is 46.2 Å². The third-order valence-electron chi connectivity index (χ3n) is 5.56. The Morgan fingerprint density at radius 2 is 1.76 bits per heavy atom. The molecule has 0 atom stereocenters. The molecule has 0 saturated heterocycles. The number of carbonyl (C=O) groups excluding carboxylic acids is 2. The van der Waals surface area contributed by atoms with Gasteiger partial charge in [0, 0.05) is 22.8 Å². The Labute approximate surface area is 175 Å². The number of ketones is 1. The number of amides is 1. The molecule has 148 valence electrons. The molecule has 29 heavy (non-hydrogen) atoms. The van der Waals surface area contributed by atoms with Gasteiger partial charge in [0.15, 0.2) is 5.78 Å². The van der Waals surface area contributed by atoms with Crippen LogP contribution in [-0.4, -0.2) is 11.7 Å². The van der Waals surface area contributed by atoms with Crippen molar-refractivity contribution in [3.05, 3.63) is 77.2 Å².